The van der Waals surface area contributed by atoms with Gasteiger partial charge in [-0.25, -0.2) is 0 Å². The van der Waals surface area contributed by atoms with Gasteiger partial charge in [0.05, 0.1) is 37.6 Å². The minimum absolute atomic E-state index is 0.0232. The molecule has 1 N–H and O–H groups in total. The molecule has 188 valence electrons. The summed E-state index contributed by atoms with van der Waals surface area (Å²) in [5.41, 5.74) is 1.11. The summed E-state index contributed by atoms with van der Waals surface area (Å²) < 4.78 is 16.9. The van der Waals surface area contributed by atoms with E-state index in [0.717, 1.165) is 6.42 Å². The first-order chi connectivity index (χ1) is 17.4. The first-order valence-electron chi connectivity index (χ1n) is 12.2. The van der Waals surface area contributed by atoms with Crippen molar-refractivity contribution in [2.24, 2.45) is 5.92 Å². The Hall–Kier alpha value is -4.00. The van der Waals surface area contributed by atoms with Gasteiger partial charge in [-0.2, -0.15) is 0 Å². The second-order valence-corrected chi connectivity index (χ2v) is 9.07. The number of likely N-dealkylation sites (tertiary alicyclic amines) is 1. The zero-order valence-electron chi connectivity index (χ0n) is 20.8. The van der Waals surface area contributed by atoms with Crippen molar-refractivity contribution in [3.63, 3.8) is 0 Å². The first-order valence-corrected chi connectivity index (χ1v) is 12.2. The summed E-state index contributed by atoms with van der Waals surface area (Å²) in [5.74, 6) is 0.636. The highest BCUT2D eigenvalue weighted by Crippen LogP contribution is 2.41. The molecule has 3 aromatic rings. The van der Waals surface area contributed by atoms with Crippen molar-refractivity contribution in [1.82, 2.24) is 4.90 Å². The highest BCUT2D eigenvalue weighted by Gasteiger charge is 2.46. The summed E-state index contributed by atoms with van der Waals surface area (Å²) in [6.07, 6.45) is 2.42. The van der Waals surface area contributed by atoms with E-state index in [4.69, 9.17) is 13.9 Å². The van der Waals surface area contributed by atoms with Crippen LogP contribution in [0, 0.1) is 5.92 Å². The molecule has 4 rings (SSSR count). The van der Waals surface area contributed by atoms with Crippen molar-refractivity contribution in [2.75, 3.05) is 13.2 Å². The lowest BCUT2D eigenvalue weighted by molar-refractivity contribution is -0.140. The molecule has 0 saturated carbocycles. The van der Waals surface area contributed by atoms with Crippen molar-refractivity contribution >= 4 is 17.4 Å². The van der Waals surface area contributed by atoms with E-state index >= 15 is 0 Å². The van der Waals surface area contributed by atoms with Gasteiger partial charge in [-0.1, -0.05) is 26.0 Å². The highest BCUT2D eigenvalue weighted by molar-refractivity contribution is 6.46. The summed E-state index contributed by atoms with van der Waals surface area (Å²) in [4.78, 5) is 27.8. The highest BCUT2D eigenvalue weighted by atomic mass is 16.5. The number of hydrogen-bond donors (Lipinski definition) is 1. The van der Waals surface area contributed by atoms with Crippen molar-refractivity contribution in [3.8, 4) is 11.5 Å². The Morgan fingerprint density at radius 1 is 1.03 bits per heavy atom. The molecule has 1 unspecified atom stereocenters. The Morgan fingerprint density at radius 3 is 2.47 bits per heavy atom. The van der Waals surface area contributed by atoms with Crippen LogP contribution in [0.3, 0.4) is 0 Å². The number of nitrogens with zero attached hydrogens (tertiary/aromatic N) is 1. The number of carbonyl (C=O) groups excluding carboxylic acids is 2. The van der Waals surface area contributed by atoms with Crippen LogP contribution in [0.15, 0.2) is 76.9 Å². The van der Waals surface area contributed by atoms with Gasteiger partial charge in [-0.05, 0) is 73.4 Å². The molecule has 1 atom stereocenters. The third-order valence-electron chi connectivity index (χ3n) is 6.02. The van der Waals surface area contributed by atoms with Gasteiger partial charge in [0.2, 0.25) is 0 Å². The van der Waals surface area contributed by atoms with Gasteiger partial charge < -0.3 is 23.9 Å². The molecule has 2 heterocycles. The van der Waals surface area contributed by atoms with Crippen molar-refractivity contribution in [2.45, 2.75) is 39.8 Å². The summed E-state index contributed by atoms with van der Waals surface area (Å²) in [6, 6.07) is 16.7. The topological polar surface area (TPSA) is 89.2 Å². The smallest absolute Gasteiger partial charge is 0.296 e. The minimum Gasteiger partial charge on any atom is -0.507 e. The summed E-state index contributed by atoms with van der Waals surface area (Å²) in [5, 5.41) is 11.3. The number of amides is 1. The molecule has 7 nitrogen and oxygen atoms in total. The zero-order chi connectivity index (χ0) is 25.7. The molecule has 0 aliphatic carbocycles. The number of ether oxygens (including phenoxy) is 2. The van der Waals surface area contributed by atoms with Crippen molar-refractivity contribution in [3.05, 3.63) is 89.4 Å². The Morgan fingerprint density at radius 2 is 1.81 bits per heavy atom. The fourth-order valence-electron chi connectivity index (χ4n) is 4.18. The van der Waals surface area contributed by atoms with Crippen LogP contribution in [0.1, 0.15) is 50.1 Å². The van der Waals surface area contributed by atoms with Crippen molar-refractivity contribution < 1.29 is 28.6 Å². The molecular weight excluding hydrogens is 458 g/mol. The van der Waals surface area contributed by atoms with Crippen LogP contribution < -0.4 is 9.47 Å². The molecule has 1 amide bonds. The number of Topliss-reactive ketones (excluding diaryl/α,β-unsaturated/α-hetero) is 1. The number of rotatable bonds is 10. The monoisotopic (exact) mass is 489 g/mol. The second kappa shape index (κ2) is 11.2. The molecule has 0 spiro atoms. The number of hydrogen-bond acceptors (Lipinski definition) is 6. The van der Waals surface area contributed by atoms with Crippen LogP contribution in [0.5, 0.6) is 11.5 Å². The van der Waals surface area contributed by atoms with Gasteiger partial charge in [0.25, 0.3) is 11.7 Å². The predicted octanol–water partition coefficient (Wildman–Crippen LogP) is 5.73. The van der Waals surface area contributed by atoms with E-state index in [1.54, 1.807) is 36.4 Å². The SMILES string of the molecule is CCOc1ccc(/C(O)=C2\C(=O)C(=O)N(Cc3ccco3)C2c2cccc(OCCC(C)C)c2)cc1. The van der Waals surface area contributed by atoms with Crippen molar-refractivity contribution in [1.29, 1.82) is 0 Å². The van der Waals surface area contributed by atoms with E-state index in [2.05, 4.69) is 13.8 Å². The minimum atomic E-state index is -0.810. The number of benzene rings is 2. The lowest BCUT2D eigenvalue weighted by atomic mass is 9.95. The van der Waals surface area contributed by atoms with Crippen LogP contribution in [-0.2, 0) is 16.1 Å². The Kier molecular flexibility index (Phi) is 7.78. The molecule has 2 aromatic carbocycles. The number of carbonyl (C=O) groups is 2. The third kappa shape index (κ3) is 5.46. The molecule has 1 saturated heterocycles. The number of aliphatic hydroxyl groups excluding tert-OH is 1. The van der Waals surface area contributed by atoms with Crippen LogP contribution in [0.25, 0.3) is 5.76 Å². The summed E-state index contributed by atoms with van der Waals surface area (Å²) in [7, 11) is 0. The van der Waals surface area contributed by atoms with E-state index in [-0.39, 0.29) is 17.9 Å². The average Bonchev–Trinajstić information content (AvgIpc) is 3.47. The Bertz CT molecular complexity index is 1230. The largest absolute Gasteiger partial charge is 0.507 e. The van der Waals surface area contributed by atoms with Gasteiger partial charge in [-0.3, -0.25) is 9.59 Å². The second-order valence-electron chi connectivity index (χ2n) is 9.07. The summed E-state index contributed by atoms with van der Waals surface area (Å²) >= 11 is 0. The van der Waals surface area contributed by atoms with Gasteiger partial charge in [0, 0.05) is 5.56 Å². The van der Waals surface area contributed by atoms with Gasteiger partial charge >= 0.3 is 0 Å². The normalized spacial score (nSPS) is 17.1. The molecule has 1 fully saturated rings. The van der Waals surface area contributed by atoms with Crippen LogP contribution in [-0.4, -0.2) is 34.9 Å². The lowest BCUT2D eigenvalue weighted by Gasteiger charge is -2.25. The molecule has 7 heteroatoms. The van der Waals surface area contributed by atoms with Crippen LogP contribution in [0.4, 0.5) is 0 Å². The van der Waals surface area contributed by atoms with Crippen LogP contribution >= 0.6 is 0 Å². The van der Waals surface area contributed by atoms with Crippen LogP contribution in [0.2, 0.25) is 0 Å². The van der Waals surface area contributed by atoms with E-state index in [9.17, 15) is 14.7 Å². The molecular formula is C29H31NO6. The lowest BCUT2D eigenvalue weighted by Crippen LogP contribution is -2.29. The van der Waals surface area contributed by atoms with Gasteiger partial charge in [-0.15, -0.1) is 0 Å². The van der Waals surface area contributed by atoms with E-state index in [0.29, 0.717) is 47.5 Å². The molecule has 0 radical (unpaired) electrons. The predicted molar refractivity (Wildman–Crippen MR) is 136 cm³/mol. The van der Waals surface area contributed by atoms with E-state index in [1.807, 2.05) is 31.2 Å². The molecule has 1 aliphatic heterocycles. The maximum atomic E-state index is 13.2. The Balaban J connectivity index is 1.76. The zero-order valence-corrected chi connectivity index (χ0v) is 20.8. The quantitative estimate of drug-likeness (QED) is 0.222. The molecule has 36 heavy (non-hydrogen) atoms. The number of aliphatic hydroxyl groups is 1. The number of furan rings is 1. The van der Waals surface area contributed by atoms with Gasteiger partial charge in [0.1, 0.15) is 23.0 Å². The summed E-state index contributed by atoms with van der Waals surface area (Å²) in [6.45, 7) is 7.29. The fraction of sp³-hybridized carbons (Fsp3) is 0.310. The maximum Gasteiger partial charge on any atom is 0.296 e. The Labute approximate surface area is 210 Å². The molecule has 1 aromatic heterocycles. The molecule has 1 aliphatic rings. The first kappa shape index (κ1) is 25.1. The van der Waals surface area contributed by atoms with Gasteiger partial charge in [0.15, 0.2) is 0 Å². The fourth-order valence-corrected chi connectivity index (χ4v) is 4.18. The van der Waals surface area contributed by atoms with E-state index < -0.39 is 17.7 Å². The standard InChI is InChI=1S/C29H31NO6/c1-4-34-22-12-10-20(11-13-22)27(31)25-26(21-7-5-8-23(17-21)36-16-14-19(2)3)30(29(33)28(25)32)18-24-9-6-15-35-24/h5-13,15,17,19,26,31H,4,14,16,18H2,1-3H3/b27-25+. The average molecular weight is 490 g/mol. The number of ketones is 1. The third-order valence-corrected chi connectivity index (χ3v) is 6.02. The molecule has 0 bridgehead atoms. The van der Waals surface area contributed by atoms with E-state index in [1.165, 1.54) is 11.2 Å². The maximum absolute atomic E-state index is 13.2.